The highest BCUT2D eigenvalue weighted by molar-refractivity contribution is 6.05. The van der Waals surface area contributed by atoms with Gasteiger partial charge in [-0.15, -0.1) is 0 Å². The highest BCUT2D eigenvalue weighted by atomic mass is 16.5. The van der Waals surface area contributed by atoms with Gasteiger partial charge in [-0.1, -0.05) is 19.6 Å². The van der Waals surface area contributed by atoms with Crippen molar-refractivity contribution >= 4 is 40.6 Å². The summed E-state index contributed by atoms with van der Waals surface area (Å²) in [5.41, 5.74) is 4.06. The van der Waals surface area contributed by atoms with E-state index in [9.17, 15) is 9.59 Å². The molecule has 1 aromatic heterocycles. The zero-order chi connectivity index (χ0) is 29.8. The molecule has 1 saturated heterocycles. The van der Waals surface area contributed by atoms with E-state index in [0.717, 1.165) is 55.2 Å². The Bertz CT molecular complexity index is 1460. The Labute approximate surface area is 246 Å². The summed E-state index contributed by atoms with van der Waals surface area (Å²) in [4.78, 5) is 43.0. The fourth-order valence-corrected chi connectivity index (χ4v) is 5.25. The number of anilines is 5. The number of benzene rings is 2. The van der Waals surface area contributed by atoms with Crippen molar-refractivity contribution in [1.29, 1.82) is 0 Å². The molecule has 11 heteroatoms. The Balaban J connectivity index is 1.42. The molecular weight excluding hydrogens is 534 g/mol. The van der Waals surface area contributed by atoms with Crippen LogP contribution in [-0.2, 0) is 17.8 Å². The Morgan fingerprint density at radius 3 is 2.40 bits per heavy atom. The molecular formula is C31H37N7O4. The summed E-state index contributed by atoms with van der Waals surface area (Å²) >= 11 is 0. The molecule has 42 heavy (non-hydrogen) atoms. The van der Waals surface area contributed by atoms with Crippen molar-refractivity contribution in [2.45, 2.75) is 19.9 Å². The number of hydrogen-bond donors (Lipinski definition) is 1. The maximum atomic E-state index is 13.5. The second kappa shape index (κ2) is 12.5. The molecule has 2 aliphatic rings. The van der Waals surface area contributed by atoms with E-state index in [-0.39, 0.29) is 24.8 Å². The monoisotopic (exact) mass is 571 g/mol. The van der Waals surface area contributed by atoms with E-state index in [4.69, 9.17) is 14.5 Å². The lowest BCUT2D eigenvalue weighted by Gasteiger charge is -2.36. The number of rotatable bonds is 10. The van der Waals surface area contributed by atoms with Gasteiger partial charge in [-0.3, -0.25) is 14.6 Å². The van der Waals surface area contributed by atoms with E-state index in [1.807, 2.05) is 12.1 Å². The molecule has 1 N–H and O–H groups in total. The van der Waals surface area contributed by atoms with Gasteiger partial charge in [0.2, 0.25) is 5.95 Å². The predicted molar refractivity (Wildman–Crippen MR) is 165 cm³/mol. The molecule has 2 amide bonds. The van der Waals surface area contributed by atoms with Crippen LogP contribution < -0.4 is 29.5 Å². The molecule has 2 aromatic carbocycles. The standard InChI is InChI=1S/C31H37N7O4/c1-6-25(39)14-21-8-9-23(37-12-10-36(7-2)11-13-37)17-28(21)33-30-32-19-22-20-38(31(40)35(3)29(22)34-30)24-15-26(41-4)18-27(16-24)42-5/h6,8-9,15-19H,1,7,10-14,20H2,2-5H3,(H,32,33,34). The Morgan fingerprint density at radius 2 is 1.76 bits per heavy atom. The van der Waals surface area contributed by atoms with Crippen molar-refractivity contribution in [3.8, 4) is 11.5 Å². The number of nitrogens with one attached hydrogen (secondary N) is 1. The lowest BCUT2D eigenvalue weighted by molar-refractivity contribution is -0.114. The third-order valence-corrected chi connectivity index (χ3v) is 7.77. The number of aromatic nitrogens is 2. The molecule has 0 spiro atoms. The molecule has 0 radical (unpaired) electrons. The van der Waals surface area contributed by atoms with Crippen LogP contribution in [-0.4, -0.2) is 80.7 Å². The molecule has 0 saturated carbocycles. The summed E-state index contributed by atoms with van der Waals surface area (Å²) in [6.07, 6.45) is 3.26. The van der Waals surface area contributed by atoms with E-state index in [1.165, 1.54) is 11.0 Å². The number of allylic oxidation sites excluding steroid dienone is 1. The number of piperazine rings is 1. The van der Waals surface area contributed by atoms with Crippen molar-refractivity contribution in [3.63, 3.8) is 0 Å². The minimum atomic E-state index is -0.243. The van der Waals surface area contributed by atoms with Crippen LogP contribution in [0.25, 0.3) is 0 Å². The number of carbonyl (C=O) groups excluding carboxylic acids is 2. The van der Waals surface area contributed by atoms with E-state index in [2.05, 4.69) is 39.7 Å². The van der Waals surface area contributed by atoms with Crippen LogP contribution in [0.15, 0.2) is 55.3 Å². The van der Waals surface area contributed by atoms with Gasteiger partial charge in [-0.2, -0.15) is 4.98 Å². The van der Waals surface area contributed by atoms with Crippen LogP contribution in [0.3, 0.4) is 0 Å². The largest absolute Gasteiger partial charge is 0.497 e. The maximum Gasteiger partial charge on any atom is 0.330 e. The summed E-state index contributed by atoms with van der Waals surface area (Å²) in [6, 6.07) is 11.2. The number of carbonyl (C=O) groups is 2. The van der Waals surface area contributed by atoms with E-state index in [1.54, 1.807) is 50.6 Å². The van der Waals surface area contributed by atoms with Gasteiger partial charge in [0.05, 0.1) is 26.5 Å². The third kappa shape index (κ3) is 6.01. The van der Waals surface area contributed by atoms with Crippen molar-refractivity contribution in [1.82, 2.24) is 14.9 Å². The molecule has 220 valence electrons. The van der Waals surface area contributed by atoms with Gasteiger partial charge < -0.3 is 24.6 Å². The van der Waals surface area contributed by atoms with Crippen LogP contribution in [0.2, 0.25) is 0 Å². The van der Waals surface area contributed by atoms with Crippen LogP contribution >= 0.6 is 0 Å². The van der Waals surface area contributed by atoms with Crippen LogP contribution in [0.4, 0.5) is 33.6 Å². The average molecular weight is 572 g/mol. The van der Waals surface area contributed by atoms with Crippen LogP contribution in [0, 0.1) is 0 Å². The van der Waals surface area contributed by atoms with Crippen molar-refractivity contribution in [2.75, 3.05) is 74.0 Å². The molecule has 0 unspecified atom stereocenters. The van der Waals surface area contributed by atoms with Gasteiger partial charge in [-0.05, 0) is 30.3 Å². The highest BCUT2D eigenvalue weighted by Gasteiger charge is 2.31. The minimum absolute atomic E-state index is 0.0756. The Hall–Kier alpha value is -4.64. The van der Waals surface area contributed by atoms with Gasteiger partial charge in [0.1, 0.15) is 17.3 Å². The molecule has 3 heterocycles. The van der Waals surface area contributed by atoms with Gasteiger partial charge in [0.15, 0.2) is 5.78 Å². The zero-order valence-corrected chi connectivity index (χ0v) is 24.6. The quantitative estimate of drug-likeness (QED) is 0.358. The lowest BCUT2D eigenvalue weighted by Crippen LogP contribution is -2.46. The maximum absolute atomic E-state index is 13.5. The number of urea groups is 1. The first-order chi connectivity index (χ1) is 20.3. The van der Waals surface area contributed by atoms with Crippen LogP contribution in [0.1, 0.15) is 18.1 Å². The number of ether oxygens (including phenoxy) is 2. The predicted octanol–water partition coefficient (Wildman–Crippen LogP) is 4.25. The summed E-state index contributed by atoms with van der Waals surface area (Å²) < 4.78 is 10.8. The second-order valence-corrected chi connectivity index (χ2v) is 10.3. The molecule has 3 aromatic rings. The minimum Gasteiger partial charge on any atom is -0.497 e. The van der Waals surface area contributed by atoms with Crippen LogP contribution in [0.5, 0.6) is 11.5 Å². The first-order valence-electron chi connectivity index (χ1n) is 14.0. The second-order valence-electron chi connectivity index (χ2n) is 10.3. The van der Waals surface area contributed by atoms with Crippen molar-refractivity contribution < 1.29 is 19.1 Å². The Morgan fingerprint density at radius 1 is 1.05 bits per heavy atom. The molecule has 0 aliphatic carbocycles. The lowest BCUT2D eigenvalue weighted by atomic mass is 10.0. The fourth-order valence-electron chi connectivity index (χ4n) is 5.25. The van der Waals surface area contributed by atoms with Gasteiger partial charge in [0, 0.05) is 81.0 Å². The molecule has 0 atom stereocenters. The smallest absolute Gasteiger partial charge is 0.330 e. The average Bonchev–Trinajstić information content (AvgIpc) is 3.03. The normalized spacial score (nSPS) is 15.3. The number of hydrogen-bond acceptors (Lipinski definition) is 9. The van der Waals surface area contributed by atoms with E-state index in [0.29, 0.717) is 29.0 Å². The molecule has 0 bridgehead atoms. The number of ketones is 1. The highest BCUT2D eigenvalue weighted by Crippen LogP contribution is 2.35. The number of methoxy groups -OCH3 is 2. The summed E-state index contributed by atoms with van der Waals surface area (Å²) in [5, 5.41) is 3.33. The number of fused-ring (bicyclic) bond motifs is 1. The molecule has 5 rings (SSSR count). The van der Waals surface area contributed by atoms with Gasteiger partial charge >= 0.3 is 6.03 Å². The topological polar surface area (TPSA) is 103 Å². The molecule has 2 aliphatic heterocycles. The van der Waals surface area contributed by atoms with Gasteiger partial charge in [-0.25, -0.2) is 9.78 Å². The summed E-state index contributed by atoms with van der Waals surface area (Å²) in [5.74, 6) is 1.95. The zero-order valence-electron chi connectivity index (χ0n) is 24.6. The summed E-state index contributed by atoms with van der Waals surface area (Å²) in [7, 11) is 4.83. The number of nitrogens with zero attached hydrogens (tertiary/aromatic N) is 6. The summed E-state index contributed by atoms with van der Waals surface area (Å²) in [6.45, 7) is 11.0. The number of likely N-dealkylation sites (N-methyl/N-ethyl adjacent to an activating group) is 1. The SMILES string of the molecule is C=CC(=O)Cc1ccc(N2CCN(CC)CC2)cc1Nc1ncc2c(n1)N(C)C(=O)N(c1cc(OC)cc(OC)c1)C2. The van der Waals surface area contributed by atoms with Gasteiger partial charge in [0.25, 0.3) is 0 Å². The molecule has 1 fully saturated rings. The first-order valence-corrected chi connectivity index (χ1v) is 14.0. The third-order valence-electron chi connectivity index (χ3n) is 7.77. The fraction of sp³-hybridized carbons (Fsp3) is 0.355. The Kier molecular flexibility index (Phi) is 8.58. The van der Waals surface area contributed by atoms with E-state index >= 15 is 0 Å². The van der Waals surface area contributed by atoms with Crippen molar-refractivity contribution in [3.05, 3.63) is 66.4 Å². The number of amides is 2. The first kappa shape index (κ1) is 28.9. The van der Waals surface area contributed by atoms with Crippen molar-refractivity contribution in [2.24, 2.45) is 0 Å². The molecule has 11 nitrogen and oxygen atoms in total. The van der Waals surface area contributed by atoms with E-state index < -0.39 is 0 Å².